The molecular formula is C10H15BrN4. The molecular weight excluding hydrogens is 256 g/mol. The van der Waals surface area contributed by atoms with Crippen molar-refractivity contribution in [3.63, 3.8) is 0 Å². The highest BCUT2D eigenvalue weighted by atomic mass is 79.9. The van der Waals surface area contributed by atoms with Crippen molar-refractivity contribution in [1.29, 1.82) is 5.41 Å². The van der Waals surface area contributed by atoms with Crippen molar-refractivity contribution in [2.45, 2.75) is 13.3 Å². The largest absolute Gasteiger partial charge is 0.388 e. The number of amidine groups is 1. The summed E-state index contributed by atoms with van der Waals surface area (Å²) in [5.41, 5.74) is 6.42. The van der Waals surface area contributed by atoms with Crippen LogP contribution in [0.1, 0.15) is 12.0 Å². The fourth-order valence-corrected chi connectivity index (χ4v) is 1.77. The van der Waals surface area contributed by atoms with Crippen molar-refractivity contribution in [3.8, 4) is 0 Å². The van der Waals surface area contributed by atoms with E-state index in [1.54, 1.807) is 6.20 Å². The summed E-state index contributed by atoms with van der Waals surface area (Å²) in [5, 5.41) is 7.16. The van der Waals surface area contributed by atoms with Gasteiger partial charge >= 0.3 is 0 Å². The average Bonchev–Trinajstić information content (AvgIpc) is 2.14. The molecule has 0 bridgehead atoms. The van der Waals surface area contributed by atoms with Crippen LogP contribution in [0, 0.1) is 12.3 Å². The van der Waals surface area contributed by atoms with Gasteiger partial charge in [-0.1, -0.05) is 0 Å². The summed E-state index contributed by atoms with van der Waals surface area (Å²) in [6, 6.07) is 2.02. The third kappa shape index (κ3) is 3.51. The summed E-state index contributed by atoms with van der Waals surface area (Å²) in [6.07, 6.45) is 2.33. The second kappa shape index (κ2) is 5.11. The van der Waals surface area contributed by atoms with Crippen LogP contribution in [0.2, 0.25) is 0 Å². The Kier molecular flexibility index (Phi) is 4.08. The molecule has 0 saturated carbocycles. The molecule has 1 aromatic heterocycles. The Balaban J connectivity index is 2.73. The predicted molar refractivity (Wildman–Crippen MR) is 66.5 cm³/mol. The van der Waals surface area contributed by atoms with E-state index in [1.165, 1.54) is 0 Å². The second-order valence-corrected chi connectivity index (χ2v) is 4.41. The zero-order valence-electron chi connectivity index (χ0n) is 8.92. The number of aromatic nitrogens is 1. The topological polar surface area (TPSA) is 66.0 Å². The van der Waals surface area contributed by atoms with Crippen molar-refractivity contribution < 1.29 is 0 Å². The maximum atomic E-state index is 7.16. The Hall–Kier alpha value is -1.10. The number of nitrogens with zero attached hydrogens (tertiary/aromatic N) is 2. The molecule has 0 fully saturated rings. The normalized spacial score (nSPS) is 10.1. The van der Waals surface area contributed by atoms with Crippen LogP contribution in [-0.4, -0.2) is 24.4 Å². The lowest BCUT2D eigenvalue weighted by Crippen LogP contribution is -2.25. The Labute approximate surface area is 98.1 Å². The van der Waals surface area contributed by atoms with Crippen LogP contribution in [0.4, 0.5) is 5.82 Å². The van der Waals surface area contributed by atoms with E-state index < -0.39 is 0 Å². The number of nitrogens with two attached hydrogens (primary N) is 1. The molecule has 0 aliphatic heterocycles. The Morgan fingerprint density at radius 1 is 1.67 bits per heavy atom. The van der Waals surface area contributed by atoms with E-state index in [-0.39, 0.29) is 5.84 Å². The number of nitrogens with one attached hydrogen (secondary N) is 1. The zero-order valence-corrected chi connectivity index (χ0v) is 10.5. The van der Waals surface area contributed by atoms with Crippen LogP contribution in [-0.2, 0) is 0 Å². The maximum Gasteiger partial charge on any atom is 0.131 e. The van der Waals surface area contributed by atoms with Crippen molar-refractivity contribution in [1.82, 2.24) is 4.98 Å². The van der Waals surface area contributed by atoms with E-state index in [2.05, 4.69) is 20.9 Å². The number of halogens is 1. The highest BCUT2D eigenvalue weighted by molar-refractivity contribution is 9.10. The van der Waals surface area contributed by atoms with Gasteiger partial charge in [0.2, 0.25) is 0 Å². The summed E-state index contributed by atoms with van der Waals surface area (Å²) in [7, 11) is 1.95. The lowest BCUT2D eigenvalue weighted by molar-refractivity contribution is 0.883. The second-order valence-electron chi connectivity index (χ2n) is 3.49. The fourth-order valence-electron chi connectivity index (χ4n) is 1.33. The summed E-state index contributed by atoms with van der Waals surface area (Å²) >= 11 is 3.37. The molecule has 0 aliphatic carbocycles. The van der Waals surface area contributed by atoms with Gasteiger partial charge in [0.15, 0.2) is 0 Å². The number of hydrogen-bond acceptors (Lipinski definition) is 3. The van der Waals surface area contributed by atoms with Crippen LogP contribution in [0.25, 0.3) is 0 Å². The third-order valence-electron chi connectivity index (χ3n) is 2.10. The minimum absolute atomic E-state index is 0.205. The molecule has 4 nitrogen and oxygen atoms in total. The molecule has 0 unspecified atom stereocenters. The number of hydrogen-bond donors (Lipinski definition) is 2. The smallest absolute Gasteiger partial charge is 0.131 e. The van der Waals surface area contributed by atoms with Gasteiger partial charge in [0, 0.05) is 30.7 Å². The van der Waals surface area contributed by atoms with Gasteiger partial charge in [0.05, 0.1) is 5.84 Å². The van der Waals surface area contributed by atoms with Crippen LogP contribution in [0.3, 0.4) is 0 Å². The van der Waals surface area contributed by atoms with Crippen molar-refractivity contribution in [2.75, 3.05) is 18.5 Å². The first-order valence-corrected chi connectivity index (χ1v) is 5.46. The van der Waals surface area contributed by atoms with Crippen molar-refractivity contribution in [3.05, 3.63) is 22.3 Å². The maximum absolute atomic E-state index is 7.16. The summed E-state index contributed by atoms with van der Waals surface area (Å²) < 4.78 is 0.976. The van der Waals surface area contributed by atoms with Crippen molar-refractivity contribution >= 4 is 27.6 Å². The molecule has 1 aromatic rings. The molecule has 0 saturated heterocycles. The third-order valence-corrected chi connectivity index (χ3v) is 2.53. The van der Waals surface area contributed by atoms with Gasteiger partial charge in [-0.15, -0.1) is 0 Å². The molecule has 0 aliphatic rings. The summed E-state index contributed by atoms with van der Waals surface area (Å²) in [4.78, 5) is 6.33. The van der Waals surface area contributed by atoms with Crippen LogP contribution in [0.5, 0.6) is 0 Å². The van der Waals surface area contributed by atoms with Gasteiger partial charge in [-0.3, -0.25) is 5.41 Å². The minimum atomic E-state index is 0.205. The van der Waals surface area contributed by atoms with E-state index in [1.807, 2.05) is 24.9 Å². The monoisotopic (exact) mass is 270 g/mol. The van der Waals surface area contributed by atoms with E-state index in [4.69, 9.17) is 11.1 Å². The van der Waals surface area contributed by atoms with Gasteiger partial charge in [-0.2, -0.15) is 0 Å². The first-order valence-electron chi connectivity index (χ1n) is 4.67. The molecule has 0 atom stereocenters. The van der Waals surface area contributed by atoms with Gasteiger partial charge in [0.25, 0.3) is 0 Å². The SMILES string of the molecule is Cc1cc(Br)cnc1N(C)CCC(=N)N. The van der Waals surface area contributed by atoms with Crippen molar-refractivity contribution in [2.24, 2.45) is 5.73 Å². The zero-order chi connectivity index (χ0) is 11.4. The number of pyridine rings is 1. The highest BCUT2D eigenvalue weighted by Crippen LogP contribution is 2.19. The summed E-state index contributed by atoms with van der Waals surface area (Å²) in [6.45, 7) is 2.72. The molecule has 1 heterocycles. The molecule has 0 aromatic carbocycles. The lowest BCUT2D eigenvalue weighted by atomic mass is 10.2. The highest BCUT2D eigenvalue weighted by Gasteiger charge is 2.06. The molecule has 5 heteroatoms. The molecule has 15 heavy (non-hydrogen) atoms. The summed E-state index contributed by atoms with van der Waals surface area (Å²) in [5.74, 6) is 1.14. The molecule has 82 valence electrons. The quantitative estimate of drug-likeness (QED) is 0.649. The van der Waals surface area contributed by atoms with Gasteiger partial charge in [-0.25, -0.2) is 4.98 Å². The predicted octanol–water partition coefficient (Wildman–Crippen LogP) is 1.91. The number of anilines is 1. The molecule has 0 radical (unpaired) electrons. The fraction of sp³-hybridized carbons (Fsp3) is 0.400. The van der Waals surface area contributed by atoms with Crippen LogP contribution < -0.4 is 10.6 Å². The Morgan fingerprint density at radius 2 is 2.33 bits per heavy atom. The first-order chi connectivity index (χ1) is 7.00. The van der Waals surface area contributed by atoms with Crippen LogP contribution >= 0.6 is 15.9 Å². The van der Waals surface area contributed by atoms with Gasteiger partial charge in [0.1, 0.15) is 5.82 Å². The molecule has 0 amide bonds. The number of aryl methyl sites for hydroxylation is 1. The standard InChI is InChI=1S/C10H15BrN4/c1-7-5-8(11)6-14-10(7)15(2)4-3-9(12)13/h5-6H,3-4H2,1-2H3,(H3,12,13). The first kappa shape index (κ1) is 12.0. The van der Waals surface area contributed by atoms with E-state index in [0.717, 1.165) is 15.9 Å². The minimum Gasteiger partial charge on any atom is -0.388 e. The van der Waals surface area contributed by atoms with Crippen LogP contribution in [0.15, 0.2) is 16.7 Å². The van der Waals surface area contributed by atoms with E-state index in [0.29, 0.717) is 13.0 Å². The lowest BCUT2D eigenvalue weighted by Gasteiger charge is -2.19. The molecule has 3 N–H and O–H groups in total. The van der Waals surface area contributed by atoms with Gasteiger partial charge in [-0.05, 0) is 34.5 Å². The molecule has 1 rings (SSSR count). The van der Waals surface area contributed by atoms with Gasteiger partial charge < -0.3 is 10.6 Å². The molecule has 0 spiro atoms. The number of rotatable bonds is 4. The van der Waals surface area contributed by atoms with E-state index in [9.17, 15) is 0 Å². The average molecular weight is 271 g/mol. The van der Waals surface area contributed by atoms with E-state index >= 15 is 0 Å². The Bertz CT molecular complexity index is 364. The Morgan fingerprint density at radius 3 is 2.87 bits per heavy atom.